The van der Waals surface area contributed by atoms with Gasteiger partial charge < -0.3 is 9.47 Å². The van der Waals surface area contributed by atoms with Crippen LogP contribution in [0.4, 0.5) is 5.69 Å². The van der Waals surface area contributed by atoms with Crippen LogP contribution in [0, 0.1) is 12.3 Å². The smallest absolute Gasteiger partial charge is 0.266 e. The standard InChI is InChI=1S/C24H22Cl2N2O3S/c1-4-11-28-23(29)21(15-16-13-19(25)22(20(26)14-16)31-12-5-2)32-24(28)27-17-7-9-18(10-8-17)30-6-3/h2,7-10,13-15H,4,6,11-12H2,1,3H3. The van der Waals surface area contributed by atoms with Gasteiger partial charge in [0.15, 0.2) is 10.9 Å². The zero-order valence-electron chi connectivity index (χ0n) is 17.7. The molecule has 1 aliphatic rings. The summed E-state index contributed by atoms with van der Waals surface area (Å²) in [4.78, 5) is 19.9. The van der Waals surface area contributed by atoms with Crippen LogP contribution in [0.25, 0.3) is 6.08 Å². The molecule has 0 saturated carbocycles. The van der Waals surface area contributed by atoms with Crippen LogP contribution in [-0.4, -0.2) is 35.7 Å². The number of nitrogens with zero attached hydrogens (tertiary/aromatic N) is 2. The number of benzene rings is 2. The Kier molecular flexibility index (Phi) is 8.52. The van der Waals surface area contributed by atoms with Gasteiger partial charge >= 0.3 is 0 Å². The highest BCUT2D eigenvalue weighted by molar-refractivity contribution is 8.18. The van der Waals surface area contributed by atoms with E-state index in [9.17, 15) is 4.79 Å². The molecule has 0 spiro atoms. The minimum absolute atomic E-state index is 0.0611. The Bertz CT molecular complexity index is 1070. The second-order valence-electron chi connectivity index (χ2n) is 6.70. The molecule has 0 aromatic heterocycles. The number of carbonyl (C=O) groups excluding carboxylic acids is 1. The van der Waals surface area contributed by atoms with Crippen molar-refractivity contribution >= 4 is 57.8 Å². The molecule has 8 heteroatoms. The molecule has 166 valence electrons. The van der Waals surface area contributed by atoms with Crippen molar-refractivity contribution in [2.75, 3.05) is 19.8 Å². The molecule has 3 rings (SSSR count). The molecule has 1 heterocycles. The highest BCUT2D eigenvalue weighted by atomic mass is 35.5. The van der Waals surface area contributed by atoms with Crippen LogP contribution < -0.4 is 9.47 Å². The third-order valence-corrected chi connectivity index (χ3v) is 5.89. The molecular weight excluding hydrogens is 467 g/mol. The van der Waals surface area contributed by atoms with E-state index in [1.165, 1.54) is 11.8 Å². The monoisotopic (exact) mass is 488 g/mol. The molecule has 1 aliphatic heterocycles. The van der Waals surface area contributed by atoms with E-state index in [0.29, 0.717) is 44.6 Å². The average Bonchev–Trinajstić information content (AvgIpc) is 3.04. The Morgan fingerprint density at radius 3 is 2.44 bits per heavy atom. The molecule has 5 nitrogen and oxygen atoms in total. The lowest BCUT2D eigenvalue weighted by Gasteiger charge is -2.14. The highest BCUT2D eigenvalue weighted by Crippen LogP contribution is 2.38. The number of hydrogen-bond acceptors (Lipinski definition) is 5. The van der Waals surface area contributed by atoms with Crippen molar-refractivity contribution in [2.24, 2.45) is 4.99 Å². The number of hydrogen-bond donors (Lipinski definition) is 0. The van der Waals surface area contributed by atoms with Crippen LogP contribution >= 0.6 is 35.0 Å². The van der Waals surface area contributed by atoms with Gasteiger partial charge in [-0.1, -0.05) is 36.0 Å². The third kappa shape index (κ3) is 5.80. The van der Waals surface area contributed by atoms with Gasteiger partial charge in [0.2, 0.25) is 0 Å². The summed E-state index contributed by atoms with van der Waals surface area (Å²) < 4.78 is 10.9. The predicted octanol–water partition coefficient (Wildman–Crippen LogP) is 6.42. The quantitative estimate of drug-likeness (QED) is 0.317. The molecule has 0 radical (unpaired) electrons. The minimum Gasteiger partial charge on any atom is -0.494 e. The van der Waals surface area contributed by atoms with Crippen molar-refractivity contribution in [3.63, 3.8) is 0 Å². The van der Waals surface area contributed by atoms with Crippen molar-refractivity contribution < 1.29 is 14.3 Å². The molecular formula is C24H22Cl2N2O3S. The van der Waals surface area contributed by atoms with E-state index < -0.39 is 0 Å². The first-order valence-corrected chi connectivity index (χ1v) is 11.6. The number of rotatable bonds is 8. The van der Waals surface area contributed by atoms with Crippen LogP contribution in [0.3, 0.4) is 0 Å². The third-order valence-electron chi connectivity index (χ3n) is 4.33. The summed E-state index contributed by atoms with van der Waals surface area (Å²) in [6.45, 7) is 5.18. The molecule has 32 heavy (non-hydrogen) atoms. The van der Waals surface area contributed by atoms with Gasteiger partial charge in [-0.05, 0) is 73.1 Å². The maximum atomic E-state index is 13.0. The first-order valence-electron chi connectivity index (χ1n) is 10.0. The number of ether oxygens (including phenoxy) is 2. The zero-order chi connectivity index (χ0) is 23.1. The summed E-state index contributed by atoms with van der Waals surface area (Å²) in [5.74, 6) is 3.37. The lowest BCUT2D eigenvalue weighted by atomic mass is 10.2. The summed E-state index contributed by atoms with van der Waals surface area (Å²) in [6, 6.07) is 10.8. The van der Waals surface area contributed by atoms with Gasteiger partial charge in [0, 0.05) is 6.54 Å². The van der Waals surface area contributed by atoms with Gasteiger partial charge in [-0.25, -0.2) is 4.99 Å². The lowest BCUT2D eigenvalue weighted by Crippen LogP contribution is -2.29. The molecule has 2 aromatic rings. The Morgan fingerprint density at radius 2 is 1.84 bits per heavy atom. The molecule has 0 aliphatic carbocycles. The Morgan fingerprint density at radius 1 is 1.16 bits per heavy atom. The van der Waals surface area contributed by atoms with Crippen LogP contribution in [0.2, 0.25) is 10.0 Å². The van der Waals surface area contributed by atoms with Gasteiger partial charge in [0.05, 0.1) is 27.2 Å². The highest BCUT2D eigenvalue weighted by Gasteiger charge is 2.32. The molecule has 1 fully saturated rings. The number of aliphatic imine (C=N–C) groups is 1. The van der Waals surface area contributed by atoms with E-state index in [2.05, 4.69) is 10.9 Å². The first-order chi connectivity index (χ1) is 15.5. The van der Waals surface area contributed by atoms with E-state index in [4.69, 9.17) is 39.1 Å². The summed E-state index contributed by atoms with van der Waals surface area (Å²) in [5.41, 5.74) is 1.43. The van der Waals surface area contributed by atoms with E-state index in [0.717, 1.165) is 17.9 Å². The number of halogens is 2. The summed E-state index contributed by atoms with van der Waals surface area (Å²) in [5, 5.41) is 1.27. The minimum atomic E-state index is -0.110. The number of amides is 1. The molecule has 2 aromatic carbocycles. The maximum absolute atomic E-state index is 13.0. The number of terminal acetylenes is 1. The van der Waals surface area contributed by atoms with Gasteiger partial charge in [0.25, 0.3) is 5.91 Å². The van der Waals surface area contributed by atoms with Gasteiger partial charge in [-0.3, -0.25) is 9.69 Å². The Labute approximate surface area is 202 Å². The van der Waals surface area contributed by atoms with Gasteiger partial charge in [-0.15, -0.1) is 6.42 Å². The molecule has 0 atom stereocenters. The topological polar surface area (TPSA) is 51.1 Å². The SMILES string of the molecule is C#CCOc1c(Cl)cc(C=C2SC(=Nc3ccc(OCC)cc3)N(CCC)C2=O)cc1Cl. The van der Waals surface area contributed by atoms with Crippen molar-refractivity contribution in [2.45, 2.75) is 20.3 Å². The fraction of sp³-hybridized carbons (Fsp3) is 0.250. The second kappa shape index (κ2) is 11.3. The maximum Gasteiger partial charge on any atom is 0.266 e. The van der Waals surface area contributed by atoms with Gasteiger partial charge in [-0.2, -0.15) is 0 Å². The normalized spacial score (nSPS) is 16.0. The molecule has 0 unspecified atom stereocenters. The lowest BCUT2D eigenvalue weighted by molar-refractivity contribution is -0.122. The summed E-state index contributed by atoms with van der Waals surface area (Å²) in [7, 11) is 0. The number of amidine groups is 1. The van der Waals surface area contributed by atoms with Crippen LogP contribution in [0.15, 0.2) is 46.3 Å². The van der Waals surface area contributed by atoms with E-state index in [-0.39, 0.29) is 12.5 Å². The predicted molar refractivity (Wildman–Crippen MR) is 133 cm³/mol. The number of carbonyl (C=O) groups is 1. The molecule has 1 amide bonds. The fourth-order valence-corrected chi connectivity index (χ4v) is 4.61. The fourth-order valence-electron chi connectivity index (χ4n) is 2.97. The van der Waals surface area contributed by atoms with E-state index in [1.54, 1.807) is 23.1 Å². The van der Waals surface area contributed by atoms with Gasteiger partial charge in [0.1, 0.15) is 12.4 Å². The van der Waals surface area contributed by atoms with Crippen LogP contribution in [0.1, 0.15) is 25.8 Å². The molecule has 1 saturated heterocycles. The largest absolute Gasteiger partial charge is 0.494 e. The second-order valence-corrected chi connectivity index (χ2v) is 8.52. The Balaban J connectivity index is 1.89. The summed E-state index contributed by atoms with van der Waals surface area (Å²) in [6.07, 6.45) is 7.78. The Hall–Kier alpha value is -2.59. The van der Waals surface area contributed by atoms with E-state index >= 15 is 0 Å². The zero-order valence-corrected chi connectivity index (χ0v) is 20.1. The summed E-state index contributed by atoms with van der Waals surface area (Å²) >= 11 is 13.9. The van der Waals surface area contributed by atoms with Crippen molar-refractivity contribution in [3.05, 3.63) is 56.9 Å². The van der Waals surface area contributed by atoms with Crippen molar-refractivity contribution in [3.8, 4) is 23.8 Å². The van der Waals surface area contributed by atoms with E-state index in [1.807, 2.05) is 38.1 Å². The first kappa shape index (κ1) is 24.1. The van der Waals surface area contributed by atoms with Crippen LogP contribution in [0.5, 0.6) is 11.5 Å². The van der Waals surface area contributed by atoms with Crippen LogP contribution in [-0.2, 0) is 4.79 Å². The molecule has 0 N–H and O–H groups in total. The average molecular weight is 489 g/mol. The number of thioether (sulfide) groups is 1. The van der Waals surface area contributed by atoms with Crippen molar-refractivity contribution in [1.82, 2.24) is 4.90 Å². The van der Waals surface area contributed by atoms with Crippen molar-refractivity contribution in [1.29, 1.82) is 0 Å². The molecule has 0 bridgehead atoms.